The maximum Gasteiger partial charge on any atom is 0.231 e. The Labute approximate surface area is 164 Å². The third kappa shape index (κ3) is 3.70. The molecule has 3 aromatic rings. The number of hydrogen-bond acceptors (Lipinski definition) is 5. The van der Waals surface area contributed by atoms with E-state index in [0.717, 1.165) is 11.3 Å². The number of para-hydroxylation sites is 1. The van der Waals surface area contributed by atoms with Gasteiger partial charge in [-0.15, -0.1) is 11.3 Å². The number of halogens is 1. The summed E-state index contributed by atoms with van der Waals surface area (Å²) in [7, 11) is 0. The van der Waals surface area contributed by atoms with Gasteiger partial charge in [-0.3, -0.25) is 14.6 Å². The summed E-state index contributed by atoms with van der Waals surface area (Å²) in [5.74, 6) is -0.775. The summed E-state index contributed by atoms with van der Waals surface area (Å²) in [6.45, 7) is 0.301. The number of aromatic nitrogens is 2. The van der Waals surface area contributed by atoms with E-state index in [2.05, 4.69) is 15.3 Å². The highest BCUT2D eigenvalue weighted by atomic mass is 35.5. The van der Waals surface area contributed by atoms with Crippen molar-refractivity contribution in [1.29, 1.82) is 0 Å². The first kappa shape index (κ1) is 17.6. The predicted octanol–water partition coefficient (Wildman–Crippen LogP) is 3.85. The molecule has 2 aromatic heterocycles. The quantitative estimate of drug-likeness (QED) is 0.724. The van der Waals surface area contributed by atoms with Gasteiger partial charge in [-0.2, -0.15) is 0 Å². The van der Waals surface area contributed by atoms with Gasteiger partial charge in [-0.1, -0.05) is 23.7 Å². The zero-order chi connectivity index (χ0) is 18.8. The number of hydrogen-bond donors (Lipinski definition) is 1. The molecule has 8 heteroatoms. The van der Waals surface area contributed by atoms with Crippen LogP contribution in [0.3, 0.4) is 0 Å². The van der Waals surface area contributed by atoms with E-state index in [1.54, 1.807) is 35.5 Å². The summed E-state index contributed by atoms with van der Waals surface area (Å²) in [4.78, 5) is 35.0. The molecule has 1 aliphatic heterocycles. The first-order chi connectivity index (χ1) is 13.1. The van der Waals surface area contributed by atoms with Gasteiger partial charge in [-0.05, 0) is 24.3 Å². The van der Waals surface area contributed by atoms with Gasteiger partial charge in [0.15, 0.2) is 5.13 Å². The highest BCUT2D eigenvalue weighted by Gasteiger charge is 2.36. The molecule has 3 heterocycles. The topological polar surface area (TPSA) is 75.2 Å². The van der Waals surface area contributed by atoms with E-state index in [9.17, 15) is 9.59 Å². The van der Waals surface area contributed by atoms with Crippen LogP contribution in [0, 0.1) is 5.92 Å². The largest absolute Gasteiger partial charge is 0.310 e. The van der Waals surface area contributed by atoms with Crippen LogP contribution in [-0.4, -0.2) is 28.3 Å². The molecule has 1 atom stereocenters. The number of rotatable bonds is 4. The van der Waals surface area contributed by atoms with Crippen LogP contribution in [0.5, 0.6) is 0 Å². The summed E-state index contributed by atoms with van der Waals surface area (Å²) in [5.41, 5.74) is 2.27. The first-order valence-electron chi connectivity index (χ1n) is 8.33. The zero-order valence-corrected chi connectivity index (χ0v) is 15.7. The second-order valence-corrected chi connectivity index (χ2v) is 7.39. The van der Waals surface area contributed by atoms with E-state index in [1.165, 1.54) is 11.3 Å². The van der Waals surface area contributed by atoms with Gasteiger partial charge in [0.25, 0.3) is 0 Å². The maximum absolute atomic E-state index is 12.6. The number of anilines is 2. The average molecular weight is 399 g/mol. The van der Waals surface area contributed by atoms with Crippen LogP contribution in [0.1, 0.15) is 6.42 Å². The van der Waals surface area contributed by atoms with Gasteiger partial charge in [0.05, 0.1) is 22.3 Å². The molecule has 6 nitrogen and oxygen atoms in total. The molecular formula is C19H15ClN4O2S. The number of benzene rings is 1. The Bertz CT molecular complexity index is 992. The van der Waals surface area contributed by atoms with Gasteiger partial charge in [-0.25, -0.2) is 4.98 Å². The molecule has 0 unspecified atom stereocenters. The van der Waals surface area contributed by atoms with E-state index < -0.39 is 5.92 Å². The van der Waals surface area contributed by atoms with Gasteiger partial charge in [0.1, 0.15) is 0 Å². The van der Waals surface area contributed by atoms with E-state index in [-0.39, 0.29) is 18.2 Å². The van der Waals surface area contributed by atoms with Crippen LogP contribution in [0.25, 0.3) is 11.3 Å². The highest BCUT2D eigenvalue weighted by Crippen LogP contribution is 2.32. The fourth-order valence-electron chi connectivity index (χ4n) is 2.97. The number of carbonyl (C=O) groups is 2. The summed E-state index contributed by atoms with van der Waals surface area (Å²) < 4.78 is 0. The lowest BCUT2D eigenvalue weighted by molar-refractivity contribution is -0.122. The number of pyridine rings is 1. The Balaban J connectivity index is 1.45. The Morgan fingerprint density at radius 3 is 2.89 bits per heavy atom. The van der Waals surface area contributed by atoms with Gasteiger partial charge >= 0.3 is 0 Å². The molecule has 1 fully saturated rings. The first-order valence-corrected chi connectivity index (χ1v) is 9.59. The zero-order valence-electron chi connectivity index (χ0n) is 14.1. The number of carbonyl (C=O) groups excluding carboxylic acids is 2. The molecule has 1 aliphatic rings. The third-order valence-electron chi connectivity index (χ3n) is 4.33. The summed E-state index contributed by atoms with van der Waals surface area (Å²) in [5, 5.41) is 5.68. The Kier molecular flexibility index (Phi) is 4.87. The Morgan fingerprint density at radius 2 is 2.11 bits per heavy atom. The molecule has 136 valence electrons. The second-order valence-electron chi connectivity index (χ2n) is 6.13. The van der Waals surface area contributed by atoms with Crippen molar-refractivity contribution in [2.24, 2.45) is 5.92 Å². The number of nitrogens with zero attached hydrogens (tertiary/aromatic N) is 3. The molecular weight excluding hydrogens is 384 g/mol. The van der Waals surface area contributed by atoms with Crippen LogP contribution in [0.2, 0.25) is 5.02 Å². The molecule has 2 amide bonds. The molecule has 1 aromatic carbocycles. The minimum Gasteiger partial charge on any atom is -0.310 e. The molecule has 0 aliphatic carbocycles. The molecule has 0 saturated carbocycles. The maximum atomic E-state index is 12.6. The van der Waals surface area contributed by atoms with E-state index in [0.29, 0.717) is 22.4 Å². The van der Waals surface area contributed by atoms with Crippen molar-refractivity contribution in [2.45, 2.75) is 6.42 Å². The highest BCUT2D eigenvalue weighted by molar-refractivity contribution is 7.14. The monoisotopic (exact) mass is 398 g/mol. The average Bonchev–Trinajstić information content (AvgIpc) is 3.30. The Hall–Kier alpha value is -2.77. The van der Waals surface area contributed by atoms with Gasteiger partial charge in [0.2, 0.25) is 11.8 Å². The Morgan fingerprint density at radius 1 is 1.26 bits per heavy atom. The van der Waals surface area contributed by atoms with Crippen LogP contribution in [0.4, 0.5) is 10.8 Å². The number of amides is 2. The van der Waals surface area contributed by atoms with Crippen molar-refractivity contribution in [3.05, 3.63) is 59.2 Å². The minimum absolute atomic E-state index is 0.113. The van der Waals surface area contributed by atoms with Crippen molar-refractivity contribution in [3.8, 4) is 11.3 Å². The predicted molar refractivity (Wildman–Crippen MR) is 106 cm³/mol. The molecule has 0 radical (unpaired) electrons. The lowest BCUT2D eigenvalue weighted by Gasteiger charge is -2.17. The fraction of sp³-hybridized carbons (Fsp3) is 0.158. The minimum atomic E-state index is -0.445. The number of nitrogens with one attached hydrogen (secondary N) is 1. The smallest absolute Gasteiger partial charge is 0.231 e. The molecule has 1 saturated heterocycles. The fourth-order valence-corrected chi connectivity index (χ4v) is 3.93. The van der Waals surface area contributed by atoms with E-state index >= 15 is 0 Å². The molecule has 0 spiro atoms. The molecule has 1 N–H and O–H groups in total. The lowest BCUT2D eigenvalue weighted by atomic mass is 10.1. The van der Waals surface area contributed by atoms with Crippen molar-refractivity contribution in [1.82, 2.24) is 9.97 Å². The molecule has 27 heavy (non-hydrogen) atoms. The van der Waals surface area contributed by atoms with Crippen molar-refractivity contribution < 1.29 is 9.59 Å². The van der Waals surface area contributed by atoms with E-state index in [4.69, 9.17) is 11.6 Å². The van der Waals surface area contributed by atoms with Crippen molar-refractivity contribution in [2.75, 3.05) is 16.8 Å². The van der Waals surface area contributed by atoms with Crippen LogP contribution < -0.4 is 10.2 Å². The van der Waals surface area contributed by atoms with Crippen molar-refractivity contribution >= 4 is 45.6 Å². The second kappa shape index (κ2) is 7.46. The standard InChI is InChI=1S/C19H15ClN4O2S/c20-14-5-1-2-6-16(14)24-10-13(8-17(24)25)18(26)23-19-22-15(11-27-19)12-4-3-7-21-9-12/h1-7,9,11,13H,8,10H2,(H,22,23,26)/t13-/m1/s1. The third-order valence-corrected chi connectivity index (χ3v) is 5.41. The SMILES string of the molecule is O=C(Nc1nc(-c2cccnc2)cs1)[C@@H]1CC(=O)N(c2ccccc2Cl)C1. The lowest BCUT2D eigenvalue weighted by Crippen LogP contribution is -2.28. The molecule has 4 rings (SSSR count). The summed E-state index contributed by atoms with van der Waals surface area (Å²) >= 11 is 7.52. The van der Waals surface area contributed by atoms with Crippen LogP contribution in [-0.2, 0) is 9.59 Å². The van der Waals surface area contributed by atoms with Crippen LogP contribution >= 0.6 is 22.9 Å². The van der Waals surface area contributed by atoms with Gasteiger partial charge < -0.3 is 10.2 Å². The normalized spacial score (nSPS) is 16.6. The summed E-state index contributed by atoms with van der Waals surface area (Å²) in [6.07, 6.45) is 3.57. The molecule has 0 bridgehead atoms. The van der Waals surface area contributed by atoms with E-state index in [1.807, 2.05) is 23.6 Å². The van der Waals surface area contributed by atoms with Gasteiger partial charge in [0, 0.05) is 36.3 Å². The van der Waals surface area contributed by atoms with Crippen LogP contribution in [0.15, 0.2) is 54.2 Å². The van der Waals surface area contributed by atoms with Crippen molar-refractivity contribution in [3.63, 3.8) is 0 Å². The summed E-state index contributed by atoms with van der Waals surface area (Å²) in [6, 6.07) is 10.9. The number of thiazole rings is 1.